The van der Waals surface area contributed by atoms with Crippen LogP contribution in [0.4, 0.5) is 16.2 Å². The lowest BCUT2D eigenvalue weighted by Crippen LogP contribution is -2.32. The smallest absolute Gasteiger partial charge is 0.319 e. The van der Waals surface area contributed by atoms with Gasteiger partial charge in [0.15, 0.2) is 0 Å². The quantitative estimate of drug-likeness (QED) is 0.577. The largest absolute Gasteiger partial charge is 0.492 e. The topological polar surface area (TPSA) is 76.4 Å². The van der Waals surface area contributed by atoms with Gasteiger partial charge in [0.25, 0.3) is 0 Å². The summed E-state index contributed by atoms with van der Waals surface area (Å²) in [5.74, 6) is 0.726. The Morgan fingerprint density at radius 1 is 1.05 bits per heavy atom. The van der Waals surface area contributed by atoms with Crippen LogP contribution in [-0.2, 0) is 0 Å². The number of para-hydroxylation sites is 1. The Bertz CT molecular complexity index is 541. The number of ether oxygens (including phenoxy) is 1. The molecule has 0 saturated heterocycles. The number of nitrogens with one attached hydrogen (secondary N) is 2. The van der Waals surface area contributed by atoms with Gasteiger partial charge in [0.1, 0.15) is 12.4 Å². The molecule has 5 heteroatoms. The minimum absolute atomic E-state index is 0.253. The molecule has 4 N–H and O–H groups in total. The van der Waals surface area contributed by atoms with Crippen molar-refractivity contribution < 1.29 is 9.53 Å². The molecule has 0 saturated carbocycles. The molecule has 0 heterocycles. The Balaban J connectivity index is 1.66. The summed E-state index contributed by atoms with van der Waals surface area (Å²) in [7, 11) is 0. The van der Waals surface area contributed by atoms with Gasteiger partial charge >= 0.3 is 6.03 Å². The number of rotatable bonds is 5. The first-order chi connectivity index (χ1) is 9.74. The zero-order chi connectivity index (χ0) is 14.2. The van der Waals surface area contributed by atoms with Gasteiger partial charge in [-0.25, -0.2) is 4.79 Å². The van der Waals surface area contributed by atoms with Crippen LogP contribution < -0.4 is 21.1 Å². The maximum absolute atomic E-state index is 11.6. The van der Waals surface area contributed by atoms with Crippen molar-refractivity contribution in [2.45, 2.75) is 0 Å². The van der Waals surface area contributed by atoms with Crippen LogP contribution in [0.2, 0.25) is 0 Å². The van der Waals surface area contributed by atoms with E-state index in [0.717, 1.165) is 11.4 Å². The van der Waals surface area contributed by atoms with Crippen molar-refractivity contribution in [2.75, 3.05) is 24.2 Å². The van der Waals surface area contributed by atoms with Crippen LogP contribution in [0.1, 0.15) is 0 Å². The second-order valence-corrected chi connectivity index (χ2v) is 4.16. The first-order valence-electron chi connectivity index (χ1n) is 6.32. The standard InChI is InChI=1S/C15H17N3O2/c16-12-6-8-14(9-7-12)20-11-10-17-15(19)18-13-4-2-1-3-5-13/h1-9H,10-11,16H2,(H2,17,18,19). The van der Waals surface area contributed by atoms with Gasteiger partial charge in [-0.2, -0.15) is 0 Å². The second kappa shape index (κ2) is 7.04. The van der Waals surface area contributed by atoms with Crippen LogP contribution in [0, 0.1) is 0 Å². The molecule has 2 amide bonds. The molecule has 0 radical (unpaired) electrons. The van der Waals surface area contributed by atoms with E-state index in [-0.39, 0.29) is 6.03 Å². The fraction of sp³-hybridized carbons (Fsp3) is 0.133. The Morgan fingerprint density at radius 3 is 2.45 bits per heavy atom. The average molecular weight is 271 g/mol. The van der Waals surface area contributed by atoms with Gasteiger partial charge < -0.3 is 21.1 Å². The zero-order valence-electron chi connectivity index (χ0n) is 11.0. The van der Waals surface area contributed by atoms with Gasteiger partial charge in [-0.3, -0.25) is 0 Å². The fourth-order valence-corrected chi connectivity index (χ4v) is 1.59. The van der Waals surface area contributed by atoms with E-state index in [1.165, 1.54) is 0 Å². The first kappa shape index (κ1) is 13.7. The zero-order valence-corrected chi connectivity index (χ0v) is 11.0. The Kier molecular flexibility index (Phi) is 4.83. The third kappa shape index (κ3) is 4.53. The lowest BCUT2D eigenvalue weighted by Gasteiger charge is -2.09. The molecule has 0 bridgehead atoms. The molecular formula is C15H17N3O2. The van der Waals surface area contributed by atoms with E-state index in [1.807, 2.05) is 30.3 Å². The van der Waals surface area contributed by atoms with Crippen LogP contribution >= 0.6 is 0 Å². The molecule has 0 fully saturated rings. The van der Waals surface area contributed by atoms with E-state index in [2.05, 4.69) is 10.6 Å². The van der Waals surface area contributed by atoms with E-state index in [4.69, 9.17) is 10.5 Å². The number of hydrogen-bond acceptors (Lipinski definition) is 3. The van der Waals surface area contributed by atoms with E-state index in [9.17, 15) is 4.79 Å². The van der Waals surface area contributed by atoms with Crippen molar-refractivity contribution in [3.8, 4) is 5.75 Å². The molecule has 0 aliphatic carbocycles. The lowest BCUT2D eigenvalue weighted by atomic mass is 10.3. The van der Waals surface area contributed by atoms with Crippen molar-refractivity contribution in [1.82, 2.24) is 5.32 Å². The van der Waals surface area contributed by atoms with Gasteiger partial charge in [0.2, 0.25) is 0 Å². The van der Waals surface area contributed by atoms with Crippen molar-refractivity contribution >= 4 is 17.4 Å². The van der Waals surface area contributed by atoms with Crippen LogP contribution in [-0.4, -0.2) is 19.2 Å². The van der Waals surface area contributed by atoms with Crippen molar-refractivity contribution in [2.24, 2.45) is 0 Å². The average Bonchev–Trinajstić information content (AvgIpc) is 2.46. The summed E-state index contributed by atoms with van der Waals surface area (Å²) >= 11 is 0. The molecule has 2 rings (SSSR count). The Morgan fingerprint density at radius 2 is 1.75 bits per heavy atom. The molecule has 0 atom stereocenters. The number of hydrogen-bond donors (Lipinski definition) is 3. The maximum atomic E-state index is 11.6. The molecule has 20 heavy (non-hydrogen) atoms. The summed E-state index contributed by atoms with van der Waals surface area (Å²) in [4.78, 5) is 11.6. The highest BCUT2D eigenvalue weighted by Crippen LogP contribution is 2.12. The Labute approximate surface area is 117 Å². The first-order valence-corrected chi connectivity index (χ1v) is 6.32. The number of carbonyl (C=O) groups excluding carboxylic acids is 1. The second-order valence-electron chi connectivity index (χ2n) is 4.16. The SMILES string of the molecule is Nc1ccc(OCCNC(=O)Nc2ccccc2)cc1. The molecule has 0 aliphatic heterocycles. The molecule has 0 aliphatic rings. The summed E-state index contributed by atoms with van der Waals surface area (Å²) < 4.78 is 5.46. The normalized spacial score (nSPS) is 9.80. The molecular weight excluding hydrogens is 254 g/mol. The third-order valence-corrected chi connectivity index (χ3v) is 2.57. The Hall–Kier alpha value is -2.69. The molecule has 0 aromatic heterocycles. The third-order valence-electron chi connectivity index (χ3n) is 2.57. The number of urea groups is 1. The minimum atomic E-state index is -0.253. The molecule has 2 aromatic carbocycles. The van der Waals surface area contributed by atoms with Gasteiger partial charge in [-0.05, 0) is 36.4 Å². The predicted octanol–water partition coefficient (Wildman–Crippen LogP) is 2.47. The fourth-order valence-electron chi connectivity index (χ4n) is 1.59. The van der Waals surface area contributed by atoms with Gasteiger partial charge in [0.05, 0.1) is 6.54 Å². The molecule has 2 aromatic rings. The number of nitrogen functional groups attached to an aromatic ring is 1. The summed E-state index contributed by atoms with van der Waals surface area (Å²) in [5, 5.41) is 5.44. The number of benzene rings is 2. The predicted molar refractivity (Wildman–Crippen MR) is 79.8 cm³/mol. The highest BCUT2D eigenvalue weighted by molar-refractivity contribution is 5.89. The van der Waals surface area contributed by atoms with Crippen molar-refractivity contribution in [3.63, 3.8) is 0 Å². The summed E-state index contributed by atoms with van der Waals surface area (Å²) in [6.45, 7) is 0.815. The highest BCUT2D eigenvalue weighted by Gasteiger charge is 2.00. The number of carbonyl (C=O) groups is 1. The van der Waals surface area contributed by atoms with Crippen LogP contribution in [0.15, 0.2) is 54.6 Å². The van der Waals surface area contributed by atoms with Gasteiger partial charge in [0, 0.05) is 11.4 Å². The number of nitrogens with two attached hydrogens (primary N) is 1. The summed E-state index contributed by atoms with van der Waals surface area (Å²) in [6, 6.07) is 16.1. The molecule has 5 nitrogen and oxygen atoms in total. The van der Waals surface area contributed by atoms with Crippen molar-refractivity contribution in [3.05, 3.63) is 54.6 Å². The minimum Gasteiger partial charge on any atom is -0.492 e. The monoisotopic (exact) mass is 271 g/mol. The van der Waals surface area contributed by atoms with Gasteiger partial charge in [-0.1, -0.05) is 18.2 Å². The van der Waals surface area contributed by atoms with E-state index in [0.29, 0.717) is 18.8 Å². The van der Waals surface area contributed by atoms with E-state index in [1.54, 1.807) is 24.3 Å². The van der Waals surface area contributed by atoms with E-state index >= 15 is 0 Å². The summed E-state index contributed by atoms with van der Waals surface area (Å²) in [6.07, 6.45) is 0. The maximum Gasteiger partial charge on any atom is 0.319 e. The molecule has 0 unspecified atom stereocenters. The molecule has 0 spiro atoms. The van der Waals surface area contributed by atoms with Crippen LogP contribution in [0.25, 0.3) is 0 Å². The number of anilines is 2. The van der Waals surface area contributed by atoms with E-state index < -0.39 is 0 Å². The van der Waals surface area contributed by atoms with Crippen LogP contribution in [0.3, 0.4) is 0 Å². The summed E-state index contributed by atoms with van der Waals surface area (Å²) in [5.41, 5.74) is 7.02. The van der Waals surface area contributed by atoms with Crippen LogP contribution in [0.5, 0.6) is 5.75 Å². The van der Waals surface area contributed by atoms with Gasteiger partial charge in [-0.15, -0.1) is 0 Å². The number of amides is 2. The van der Waals surface area contributed by atoms with Crippen molar-refractivity contribution in [1.29, 1.82) is 0 Å². The highest BCUT2D eigenvalue weighted by atomic mass is 16.5. The lowest BCUT2D eigenvalue weighted by molar-refractivity contribution is 0.247. The molecule has 104 valence electrons.